The van der Waals surface area contributed by atoms with Gasteiger partial charge < -0.3 is 4.74 Å². The van der Waals surface area contributed by atoms with Gasteiger partial charge >= 0.3 is 0 Å². The molecule has 0 saturated heterocycles. The molecule has 0 aromatic heterocycles. The van der Waals surface area contributed by atoms with Crippen LogP contribution < -0.4 is 0 Å². The van der Waals surface area contributed by atoms with Gasteiger partial charge in [-0.1, -0.05) is 36.9 Å². The van der Waals surface area contributed by atoms with Gasteiger partial charge in [0, 0.05) is 27.3 Å². The first-order valence-corrected chi connectivity index (χ1v) is 8.05. The minimum atomic E-state index is -0.212. The number of hydrogen-bond acceptors (Lipinski definition) is 2. The SMILES string of the molecule is CCC1CC2=C(O1)c1cc(F)ccc1Sc1ccccc12. The Kier molecular flexibility index (Phi) is 3.03. The van der Waals surface area contributed by atoms with Gasteiger partial charge in [-0.2, -0.15) is 0 Å². The van der Waals surface area contributed by atoms with Crippen LogP contribution in [0, 0.1) is 5.82 Å². The Bertz CT molecular complexity index is 751. The zero-order valence-electron chi connectivity index (χ0n) is 11.7. The standard InChI is InChI=1S/C18H15FOS/c1-2-12-10-14-13-5-3-4-6-16(13)21-17-8-7-11(19)9-15(17)18(14)20-12/h3-9,12H,2,10H2,1H3. The van der Waals surface area contributed by atoms with Gasteiger partial charge in [-0.3, -0.25) is 0 Å². The lowest BCUT2D eigenvalue weighted by molar-refractivity contribution is 0.186. The highest BCUT2D eigenvalue weighted by Crippen LogP contribution is 2.49. The first kappa shape index (κ1) is 13.0. The number of hydrogen-bond donors (Lipinski definition) is 0. The maximum absolute atomic E-state index is 13.7. The summed E-state index contributed by atoms with van der Waals surface area (Å²) in [6, 6.07) is 13.3. The molecular weight excluding hydrogens is 283 g/mol. The normalized spacial score (nSPS) is 19.4. The molecular formula is C18H15FOS. The van der Waals surface area contributed by atoms with Crippen LogP contribution >= 0.6 is 11.8 Å². The summed E-state index contributed by atoms with van der Waals surface area (Å²) in [5.41, 5.74) is 3.33. The minimum Gasteiger partial charge on any atom is -0.489 e. The fourth-order valence-electron chi connectivity index (χ4n) is 2.98. The van der Waals surface area contributed by atoms with Crippen molar-refractivity contribution in [1.82, 2.24) is 0 Å². The van der Waals surface area contributed by atoms with Crippen LogP contribution in [0.15, 0.2) is 52.3 Å². The summed E-state index contributed by atoms with van der Waals surface area (Å²) in [7, 11) is 0. The van der Waals surface area contributed by atoms with Crippen molar-refractivity contribution in [3.63, 3.8) is 0 Å². The van der Waals surface area contributed by atoms with E-state index in [1.807, 2.05) is 12.1 Å². The Labute approximate surface area is 127 Å². The summed E-state index contributed by atoms with van der Waals surface area (Å²) in [4.78, 5) is 2.28. The monoisotopic (exact) mass is 298 g/mol. The van der Waals surface area contributed by atoms with Crippen LogP contribution in [0.25, 0.3) is 11.3 Å². The van der Waals surface area contributed by atoms with Gasteiger partial charge in [-0.15, -0.1) is 0 Å². The molecule has 0 saturated carbocycles. The van der Waals surface area contributed by atoms with Crippen molar-refractivity contribution < 1.29 is 9.13 Å². The van der Waals surface area contributed by atoms with Gasteiger partial charge in [0.05, 0.1) is 0 Å². The third kappa shape index (κ3) is 2.07. The molecule has 4 rings (SSSR count). The fraction of sp³-hybridized carbons (Fsp3) is 0.222. The third-order valence-electron chi connectivity index (χ3n) is 4.06. The number of halogens is 1. The first-order valence-electron chi connectivity index (χ1n) is 7.23. The smallest absolute Gasteiger partial charge is 0.132 e. The summed E-state index contributed by atoms with van der Waals surface area (Å²) in [6.45, 7) is 2.13. The quantitative estimate of drug-likeness (QED) is 0.701. The Hall–Kier alpha value is -1.74. The van der Waals surface area contributed by atoms with E-state index in [1.54, 1.807) is 17.8 Å². The third-order valence-corrected chi connectivity index (χ3v) is 5.22. The summed E-state index contributed by atoms with van der Waals surface area (Å²) >= 11 is 1.69. The molecule has 0 bridgehead atoms. The van der Waals surface area contributed by atoms with Crippen LogP contribution in [0.2, 0.25) is 0 Å². The average Bonchev–Trinajstić information content (AvgIpc) is 2.89. The van der Waals surface area contributed by atoms with Crippen molar-refractivity contribution in [3.05, 3.63) is 59.4 Å². The molecule has 106 valence electrons. The molecule has 1 atom stereocenters. The largest absolute Gasteiger partial charge is 0.489 e. The molecule has 2 heterocycles. The maximum atomic E-state index is 13.7. The molecule has 1 nitrogen and oxygen atoms in total. The maximum Gasteiger partial charge on any atom is 0.132 e. The van der Waals surface area contributed by atoms with E-state index < -0.39 is 0 Å². The van der Waals surface area contributed by atoms with E-state index in [1.165, 1.54) is 22.1 Å². The van der Waals surface area contributed by atoms with Gasteiger partial charge in [-0.25, -0.2) is 4.39 Å². The number of rotatable bonds is 1. The van der Waals surface area contributed by atoms with Crippen LogP contribution in [0.1, 0.15) is 30.9 Å². The van der Waals surface area contributed by atoms with Crippen LogP contribution in [0.3, 0.4) is 0 Å². The molecule has 3 heteroatoms. The molecule has 2 aliphatic rings. The van der Waals surface area contributed by atoms with Gasteiger partial charge in [-0.05, 0) is 36.2 Å². The minimum absolute atomic E-state index is 0.197. The van der Waals surface area contributed by atoms with E-state index in [0.29, 0.717) is 0 Å². The van der Waals surface area contributed by atoms with E-state index >= 15 is 0 Å². The Morgan fingerprint density at radius 3 is 2.81 bits per heavy atom. The van der Waals surface area contributed by atoms with Crippen LogP contribution in [0.5, 0.6) is 0 Å². The Morgan fingerprint density at radius 2 is 1.95 bits per heavy atom. The molecule has 1 unspecified atom stereocenters. The molecule has 2 aliphatic heterocycles. The van der Waals surface area contributed by atoms with Crippen molar-refractivity contribution in [3.8, 4) is 0 Å². The highest BCUT2D eigenvalue weighted by molar-refractivity contribution is 7.99. The number of fused-ring (bicyclic) bond motifs is 4. The second-order valence-electron chi connectivity index (χ2n) is 5.40. The summed E-state index contributed by atoms with van der Waals surface area (Å²) in [5.74, 6) is 0.657. The van der Waals surface area contributed by atoms with Crippen molar-refractivity contribution in [2.75, 3.05) is 0 Å². The van der Waals surface area contributed by atoms with Gasteiger partial charge in [0.25, 0.3) is 0 Å². The van der Waals surface area contributed by atoms with E-state index in [9.17, 15) is 4.39 Å². The lowest BCUT2D eigenvalue weighted by Crippen LogP contribution is -2.04. The average molecular weight is 298 g/mol. The zero-order valence-corrected chi connectivity index (χ0v) is 12.5. The van der Waals surface area contributed by atoms with Crippen molar-refractivity contribution >= 4 is 23.1 Å². The van der Waals surface area contributed by atoms with Crippen molar-refractivity contribution in [1.29, 1.82) is 0 Å². The highest BCUT2D eigenvalue weighted by Gasteiger charge is 2.31. The molecule has 0 aliphatic carbocycles. The van der Waals surface area contributed by atoms with Crippen molar-refractivity contribution in [2.45, 2.75) is 35.7 Å². The predicted octanol–water partition coefficient (Wildman–Crippen LogP) is 5.36. The zero-order chi connectivity index (χ0) is 14.4. The predicted molar refractivity (Wildman–Crippen MR) is 83.6 cm³/mol. The molecule has 0 amide bonds. The first-order chi connectivity index (χ1) is 10.3. The molecule has 2 aromatic carbocycles. The fourth-order valence-corrected chi connectivity index (χ4v) is 4.06. The van der Waals surface area contributed by atoms with E-state index in [0.717, 1.165) is 29.1 Å². The van der Waals surface area contributed by atoms with Crippen LogP contribution in [-0.4, -0.2) is 6.10 Å². The molecule has 0 radical (unpaired) electrons. The van der Waals surface area contributed by atoms with Gasteiger partial charge in [0.1, 0.15) is 17.7 Å². The summed E-state index contributed by atoms with van der Waals surface area (Å²) < 4.78 is 19.8. The van der Waals surface area contributed by atoms with E-state index in [-0.39, 0.29) is 11.9 Å². The summed E-state index contributed by atoms with van der Waals surface area (Å²) in [6.07, 6.45) is 2.06. The van der Waals surface area contributed by atoms with E-state index in [4.69, 9.17) is 4.74 Å². The summed E-state index contributed by atoms with van der Waals surface area (Å²) in [5, 5.41) is 0. The number of ether oxygens (including phenoxy) is 1. The molecule has 2 aromatic rings. The molecule has 21 heavy (non-hydrogen) atoms. The lowest BCUT2D eigenvalue weighted by Gasteiger charge is -2.13. The second-order valence-corrected chi connectivity index (χ2v) is 6.48. The lowest BCUT2D eigenvalue weighted by atomic mass is 9.98. The highest BCUT2D eigenvalue weighted by atomic mass is 32.2. The number of benzene rings is 2. The molecule has 0 N–H and O–H groups in total. The molecule has 0 fully saturated rings. The van der Waals surface area contributed by atoms with Crippen LogP contribution in [-0.2, 0) is 4.74 Å². The van der Waals surface area contributed by atoms with E-state index in [2.05, 4.69) is 25.1 Å². The molecule has 0 spiro atoms. The topological polar surface area (TPSA) is 9.23 Å². The van der Waals surface area contributed by atoms with Gasteiger partial charge in [0.2, 0.25) is 0 Å². The Balaban J connectivity index is 1.97. The van der Waals surface area contributed by atoms with Crippen molar-refractivity contribution in [2.24, 2.45) is 0 Å². The second kappa shape index (κ2) is 4.92. The van der Waals surface area contributed by atoms with Crippen LogP contribution in [0.4, 0.5) is 4.39 Å². The van der Waals surface area contributed by atoms with Gasteiger partial charge in [0.15, 0.2) is 0 Å². The Morgan fingerprint density at radius 1 is 1.14 bits per heavy atom.